The van der Waals surface area contributed by atoms with E-state index in [1.807, 2.05) is 19.1 Å². The highest BCUT2D eigenvalue weighted by atomic mass is 32.2. The minimum absolute atomic E-state index is 0.0445. The Morgan fingerprint density at radius 2 is 1.68 bits per heavy atom. The third-order valence-corrected chi connectivity index (χ3v) is 9.08. The summed E-state index contributed by atoms with van der Waals surface area (Å²) in [4.78, 5) is 14.7. The summed E-state index contributed by atoms with van der Waals surface area (Å²) in [5.41, 5.74) is 1.23. The molecule has 1 aliphatic heterocycles. The Morgan fingerprint density at radius 1 is 1.09 bits per heavy atom. The van der Waals surface area contributed by atoms with Gasteiger partial charge in [-0.3, -0.25) is 0 Å². The van der Waals surface area contributed by atoms with Crippen LogP contribution in [-0.4, -0.2) is 35.0 Å². The Labute approximate surface area is 208 Å². The lowest BCUT2D eigenvalue weighted by Crippen LogP contribution is -2.50. The number of hydrogen-bond acceptors (Lipinski definition) is 6. The van der Waals surface area contributed by atoms with Crippen molar-refractivity contribution in [1.29, 1.82) is 0 Å². The summed E-state index contributed by atoms with van der Waals surface area (Å²) in [6, 6.07) is 4.02. The topological polar surface area (TPSA) is 76.0 Å². The molecule has 2 aliphatic carbocycles. The van der Waals surface area contributed by atoms with Crippen LogP contribution in [0, 0.1) is 18.8 Å². The Hall–Kier alpha value is -1.66. The van der Waals surface area contributed by atoms with Crippen molar-refractivity contribution in [3.05, 3.63) is 33.9 Å². The van der Waals surface area contributed by atoms with Gasteiger partial charge in [0.25, 0.3) is 0 Å². The van der Waals surface area contributed by atoms with Gasteiger partial charge in [0.1, 0.15) is 28.6 Å². The van der Waals surface area contributed by atoms with Crippen LogP contribution in [0.5, 0.6) is 5.75 Å². The second-order valence-electron chi connectivity index (χ2n) is 11.3. The highest BCUT2D eigenvalue weighted by Crippen LogP contribution is 2.53. The molecule has 3 aliphatic rings. The molecule has 0 aromatic heterocycles. The van der Waals surface area contributed by atoms with Crippen LogP contribution in [0.3, 0.4) is 0 Å². The number of cyclic esters (lactones) is 1. The Morgan fingerprint density at radius 3 is 2.18 bits per heavy atom. The van der Waals surface area contributed by atoms with Gasteiger partial charge in [-0.2, -0.15) is 0 Å². The highest BCUT2D eigenvalue weighted by molar-refractivity contribution is 8.04. The first-order chi connectivity index (χ1) is 16.2. The van der Waals surface area contributed by atoms with Gasteiger partial charge >= 0.3 is 5.97 Å². The van der Waals surface area contributed by atoms with Crippen molar-refractivity contribution >= 4 is 17.7 Å². The van der Waals surface area contributed by atoms with E-state index in [0.29, 0.717) is 23.2 Å². The van der Waals surface area contributed by atoms with E-state index >= 15 is 0 Å². The summed E-state index contributed by atoms with van der Waals surface area (Å²) in [5, 5.41) is 20.5. The van der Waals surface area contributed by atoms with Gasteiger partial charge in [-0.25, -0.2) is 4.79 Å². The fourth-order valence-corrected chi connectivity index (χ4v) is 7.43. The molecule has 2 fully saturated rings. The number of esters is 1. The van der Waals surface area contributed by atoms with Gasteiger partial charge in [0.15, 0.2) is 0 Å². The van der Waals surface area contributed by atoms with Crippen LogP contribution in [0.4, 0.5) is 0 Å². The van der Waals surface area contributed by atoms with Gasteiger partial charge in [0.05, 0.1) is 6.61 Å². The number of carbonyl (C=O) groups excluding carboxylic acids is 1. The molecule has 0 atom stereocenters. The zero-order chi connectivity index (χ0) is 24.5. The third kappa shape index (κ3) is 4.99. The molecule has 0 spiro atoms. The Bertz CT molecular complexity index is 917. The zero-order valence-corrected chi connectivity index (χ0v) is 21.9. The lowest BCUT2D eigenvalue weighted by atomic mass is 9.71. The maximum atomic E-state index is 13.5. The summed E-state index contributed by atoms with van der Waals surface area (Å²) < 4.78 is 12.1. The SMILES string of the molecule is Cc1cc(SC2=C(O)CC(C3CCCC3)(C3CCCC3)OC2=O)c(C(C)(C)C)cc1OCCO. The Kier molecular flexibility index (Phi) is 7.58. The van der Waals surface area contributed by atoms with Crippen LogP contribution in [0.15, 0.2) is 27.7 Å². The number of carbonyl (C=O) groups is 1. The van der Waals surface area contributed by atoms with Gasteiger partial charge in [0, 0.05) is 11.3 Å². The molecule has 2 N–H and O–H groups in total. The minimum atomic E-state index is -0.539. The minimum Gasteiger partial charge on any atom is -0.511 e. The number of aliphatic hydroxyl groups excluding tert-OH is 2. The average Bonchev–Trinajstić information content (AvgIpc) is 3.49. The van der Waals surface area contributed by atoms with Crippen molar-refractivity contribution in [2.45, 2.75) is 101 Å². The van der Waals surface area contributed by atoms with E-state index in [1.54, 1.807) is 0 Å². The fourth-order valence-electron chi connectivity index (χ4n) is 6.19. The van der Waals surface area contributed by atoms with Gasteiger partial charge in [0.2, 0.25) is 0 Å². The molecule has 34 heavy (non-hydrogen) atoms. The van der Waals surface area contributed by atoms with Crippen LogP contribution in [0.25, 0.3) is 0 Å². The van der Waals surface area contributed by atoms with Gasteiger partial charge < -0.3 is 19.7 Å². The largest absolute Gasteiger partial charge is 0.511 e. The van der Waals surface area contributed by atoms with Gasteiger partial charge in [-0.05, 0) is 73.1 Å². The second-order valence-corrected chi connectivity index (χ2v) is 12.4. The van der Waals surface area contributed by atoms with Crippen LogP contribution < -0.4 is 4.74 Å². The molecule has 188 valence electrons. The van der Waals surface area contributed by atoms with E-state index in [0.717, 1.165) is 47.5 Å². The van der Waals surface area contributed by atoms with Gasteiger partial charge in [-0.1, -0.05) is 58.2 Å². The van der Waals surface area contributed by atoms with E-state index in [4.69, 9.17) is 14.6 Å². The maximum absolute atomic E-state index is 13.5. The van der Waals surface area contributed by atoms with Gasteiger partial charge in [-0.15, -0.1) is 0 Å². The molecule has 0 bridgehead atoms. The summed E-state index contributed by atoms with van der Waals surface area (Å²) in [5.74, 6) is 1.25. The van der Waals surface area contributed by atoms with E-state index in [1.165, 1.54) is 37.4 Å². The lowest BCUT2D eigenvalue weighted by Gasteiger charge is -2.45. The molecule has 4 rings (SSSR count). The summed E-state index contributed by atoms with van der Waals surface area (Å²) in [7, 11) is 0. The monoisotopic (exact) mass is 488 g/mol. The molecule has 0 saturated heterocycles. The van der Waals surface area contributed by atoms with E-state index in [9.17, 15) is 9.90 Å². The summed E-state index contributed by atoms with van der Waals surface area (Å²) in [6.07, 6.45) is 9.51. The molecular formula is C28H40O5S. The molecule has 1 aromatic carbocycles. The highest BCUT2D eigenvalue weighted by Gasteiger charge is 2.53. The smallest absolute Gasteiger partial charge is 0.349 e. The number of ether oxygens (including phenoxy) is 2. The summed E-state index contributed by atoms with van der Waals surface area (Å²) in [6.45, 7) is 8.52. The average molecular weight is 489 g/mol. The number of aliphatic hydroxyl groups is 2. The Balaban J connectivity index is 1.67. The molecule has 0 amide bonds. The number of hydrogen-bond donors (Lipinski definition) is 2. The number of benzene rings is 1. The first kappa shape index (κ1) is 25.4. The van der Waals surface area contributed by atoms with E-state index in [-0.39, 0.29) is 30.4 Å². The molecule has 0 unspecified atom stereocenters. The lowest BCUT2D eigenvalue weighted by molar-refractivity contribution is -0.174. The quantitative estimate of drug-likeness (QED) is 0.422. The molecule has 1 aromatic rings. The number of thioether (sulfide) groups is 1. The van der Waals surface area contributed by atoms with Crippen molar-refractivity contribution in [2.24, 2.45) is 11.8 Å². The van der Waals surface area contributed by atoms with E-state index in [2.05, 4.69) is 20.8 Å². The van der Waals surface area contributed by atoms with E-state index < -0.39 is 5.60 Å². The first-order valence-corrected chi connectivity index (χ1v) is 13.7. The molecule has 6 heteroatoms. The normalized spacial score (nSPS) is 21.9. The molecule has 5 nitrogen and oxygen atoms in total. The van der Waals surface area contributed by atoms with Crippen molar-refractivity contribution in [3.8, 4) is 5.75 Å². The third-order valence-electron chi connectivity index (χ3n) is 7.91. The zero-order valence-electron chi connectivity index (χ0n) is 21.1. The molecule has 2 saturated carbocycles. The van der Waals surface area contributed by atoms with Crippen LogP contribution in [0.2, 0.25) is 0 Å². The standard InChI is InChI=1S/C28H40O5S/c1-18-15-24(21(27(2,3)4)16-23(18)32-14-13-29)34-25-22(30)17-28(33-26(25)31,19-9-5-6-10-19)20-11-7-8-12-20/h15-16,19-20,29-30H,5-14,17H2,1-4H3. The van der Waals surface area contributed by atoms with Crippen LogP contribution in [-0.2, 0) is 14.9 Å². The predicted molar refractivity (Wildman–Crippen MR) is 135 cm³/mol. The number of rotatable bonds is 7. The fraction of sp³-hybridized carbons (Fsp3) is 0.679. The summed E-state index contributed by atoms with van der Waals surface area (Å²) >= 11 is 1.32. The number of aryl methyl sites for hydroxylation is 1. The molecular weight excluding hydrogens is 448 g/mol. The maximum Gasteiger partial charge on any atom is 0.349 e. The van der Waals surface area contributed by atoms with Crippen molar-refractivity contribution < 1.29 is 24.5 Å². The predicted octanol–water partition coefficient (Wildman–Crippen LogP) is 6.59. The molecule has 0 radical (unpaired) electrons. The van der Waals surface area contributed by atoms with Crippen LogP contribution >= 0.6 is 11.8 Å². The van der Waals surface area contributed by atoms with Crippen LogP contribution in [0.1, 0.15) is 89.7 Å². The molecule has 1 heterocycles. The van der Waals surface area contributed by atoms with Crippen molar-refractivity contribution in [2.75, 3.05) is 13.2 Å². The second kappa shape index (κ2) is 10.1. The first-order valence-electron chi connectivity index (χ1n) is 12.9. The van der Waals surface area contributed by atoms with Crippen molar-refractivity contribution in [1.82, 2.24) is 0 Å². The van der Waals surface area contributed by atoms with Crippen molar-refractivity contribution in [3.63, 3.8) is 0 Å².